The van der Waals surface area contributed by atoms with Crippen LogP contribution in [-0.4, -0.2) is 15.9 Å². The molecule has 0 radical (unpaired) electrons. The third kappa shape index (κ3) is 2.93. The van der Waals surface area contributed by atoms with E-state index in [1.54, 1.807) is 6.08 Å². The van der Waals surface area contributed by atoms with Crippen LogP contribution in [0.4, 0.5) is 0 Å². The molecule has 2 N–H and O–H groups in total. The molecule has 0 aliphatic carbocycles. The van der Waals surface area contributed by atoms with Crippen molar-refractivity contribution in [1.82, 2.24) is 15.3 Å². The zero-order valence-electron chi connectivity index (χ0n) is 9.57. The van der Waals surface area contributed by atoms with E-state index in [1.165, 1.54) is 0 Å². The molecule has 17 heavy (non-hydrogen) atoms. The quantitative estimate of drug-likeness (QED) is 0.772. The highest BCUT2D eigenvalue weighted by molar-refractivity contribution is 5.77. The van der Waals surface area contributed by atoms with Gasteiger partial charge in [0.05, 0.1) is 17.6 Å². The molecule has 0 aliphatic heterocycles. The Morgan fingerprint density at radius 2 is 2.29 bits per heavy atom. The smallest absolute Gasteiger partial charge is 0.220 e. The predicted octanol–water partition coefficient (Wildman–Crippen LogP) is 2.15. The Bertz CT molecular complexity index is 497. The van der Waals surface area contributed by atoms with Crippen molar-refractivity contribution in [2.75, 3.05) is 0 Å². The summed E-state index contributed by atoms with van der Waals surface area (Å²) in [6.45, 7) is 4.02. The molecule has 1 aromatic carbocycles. The number of amides is 1. The lowest BCUT2D eigenvalue weighted by atomic mass is 10.3. The molecule has 0 saturated carbocycles. The molecule has 1 aromatic heterocycles. The Hall–Kier alpha value is -2.10. The summed E-state index contributed by atoms with van der Waals surface area (Å²) < 4.78 is 0. The van der Waals surface area contributed by atoms with E-state index in [4.69, 9.17) is 0 Å². The normalized spacial score (nSPS) is 10.4. The highest BCUT2D eigenvalue weighted by Crippen LogP contribution is 2.09. The van der Waals surface area contributed by atoms with Gasteiger partial charge in [0, 0.05) is 6.42 Å². The molecular weight excluding hydrogens is 214 g/mol. The van der Waals surface area contributed by atoms with Gasteiger partial charge in [-0.25, -0.2) is 4.98 Å². The summed E-state index contributed by atoms with van der Waals surface area (Å²) in [5.74, 6) is 0.795. The molecule has 0 aliphatic rings. The largest absolute Gasteiger partial charge is 0.349 e. The maximum atomic E-state index is 11.4. The second-order valence-electron chi connectivity index (χ2n) is 3.80. The third-order valence-electron chi connectivity index (χ3n) is 2.47. The first-order valence-electron chi connectivity index (χ1n) is 5.61. The number of nitrogens with zero attached hydrogens (tertiary/aromatic N) is 1. The van der Waals surface area contributed by atoms with Gasteiger partial charge in [0.15, 0.2) is 0 Å². The molecule has 0 atom stereocenters. The molecule has 0 saturated heterocycles. The number of benzene rings is 1. The van der Waals surface area contributed by atoms with Crippen molar-refractivity contribution in [2.45, 2.75) is 19.4 Å². The van der Waals surface area contributed by atoms with Crippen molar-refractivity contribution in [3.05, 3.63) is 42.7 Å². The minimum Gasteiger partial charge on any atom is -0.349 e. The molecule has 88 valence electrons. The van der Waals surface area contributed by atoms with Crippen LogP contribution >= 0.6 is 0 Å². The van der Waals surface area contributed by atoms with Crippen LogP contribution in [0.5, 0.6) is 0 Å². The lowest BCUT2D eigenvalue weighted by Crippen LogP contribution is -2.22. The molecule has 2 rings (SSSR count). The van der Waals surface area contributed by atoms with Crippen LogP contribution in [-0.2, 0) is 11.3 Å². The maximum Gasteiger partial charge on any atom is 0.220 e. The summed E-state index contributed by atoms with van der Waals surface area (Å²) in [5.41, 5.74) is 1.91. The number of rotatable bonds is 5. The van der Waals surface area contributed by atoms with Gasteiger partial charge in [-0.1, -0.05) is 18.2 Å². The molecule has 0 bridgehead atoms. The van der Waals surface area contributed by atoms with E-state index in [-0.39, 0.29) is 5.91 Å². The number of H-pyrrole nitrogens is 1. The van der Waals surface area contributed by atoms with E-state index in [0.29, 0.717) is 19.4 Å². The lowest BCUT2D eigenvalue weighted by Gasteiger charge is -2.00. The number of allylic oxidation sites excluding steroid dienone is 1. The van der Waals surface area contributed by atoms with E-state index in [2.05, 4.69) is 21.9 Å². The fourth-order valence-corrected chi connectivity index (χ4v) is 1.59. The number of carbonyl (C=O) groups excluding carboxylic acids is 1. The predicted molar refractivity (Wildman–Crippen MR) is 67.4 cm³/mol. The van der Waals surface area contributed by atoms with E-state index < -0.39 is 0 Å². The van der Waals surface area contributed by atoms with Crippen LogP contribution in [0.25, 0.3) is 11.0 Å². The van der Waals surface area contributed by atoms with Crippen molar-refractivity contribution in [1.29, 1.82) is 0 Å². The van der Waals surface area contributed by atoms with E-state index >= 15 is 0 Å². The highest BCUT2D eigenvalue weighted by Gasteiger charge is 2.03. The number of aromatic amines is 1. The minimum absolute atomic E-state index is 0.0188. The van der Waals surface area contributed by atoms with Crippen molar-refractivity contribution in [3.8, 4) is 0 Å². The molecule has 4 nitrogen and oxygen atoms in total. The Labute approximate surface area is 99.8 Å². The van der Waals surface area contributed by atoms with Crippen LogP contribution in [0.15, 0.2) is 36.9 Å². The fourth-order valence-electron chi connectivity index (χ4n) is 1.59. The van der Waals surface area contributed by atoms with Gasteiger partial charge in [0.2, 0.25) is 5.91 Å². The van der Waals surface area contributed by atoms with Crippen LogP contribution in [0.3, 0.4) is 0 Å². The zero-order chi connectivity index (χ0) is 12.1. The number of aromatic nitrogens is 2. The van der Waals surface area contributed by atoms with Crippen LogP contribution in [0, 0.1) is 0 Å². The number of nitrogens with one attached hydrogen (secondary N) is 2. The first-order valence-corrected chi connectivity index (χ1v) is 5.61. The van der Waals surface area contributed by atoms with Gasteiger partial charge in [-0.2, -0.15) is 0 Å². The molecule has 2 aromatic rings. The molecule has 0 unspecified atom stereocenters. The molecule has 1 amide bonds. The van der Waals surface area contributed by atoms with Gasteiger partial charge in [0.1, 0.15) is 5.82 Å². The van der Waals surface area contributed by atoms with Gasteiger partial charge in [-0.05, 0) is 18.6 Å². The van der Waals surface area contributed by atoms with Crippen molar-refractivity contribution in [3.63, 3.8) is 0 Å². The van der Waals surface area contributed by atoms with Crippen molar-refractivity contribution >= 4 is 16.9 Å². The van der Waals surface area contributed by atoms with Crippen LogP contribution in [0.1, 0.15) is 18.7 Å². The Morgan fingerprint density at radius 1 is 1.47 bits per heavy atom. The topological polar surface area (TPSA) is 57.8 Å². The summed E-state index contributed by atoms with van der Waals surface area (Å²) in [7, 11) is 0. The Kier molecular flexibility index (Phi) is 3.55. The Balaban J connectivity index is 1.94. The average Bonchev–Trinajstić information content (AvgIpc) is 2.76. The van der Waals surface area contributed by atoms with Gasteiger partial charge in [0.25, 0.3) is 0 Å². The number of para-hydroxylation sites is 2. The molecular formula is C13H15N3O. The second kappa shape index (κ2) is 5.30. The van der Waals surface area contributed by atoms with Gasteiger partial charge < -0.3 is 10.3 Å². The molecule has 4 heteroatoms. The average molecular weight is 229 g/mol. The first kappa shape index (κ1) is 11.4. The standard InChI is InChI=1S/C13H15N3O/c1-2-3-8-13(17)14-9-12-15-10-6-4-5-7-11(10)16-12/h2,4-7H,1,3,8-9H2,(H,14,17)(H,15,16). The summed E-state index contributed by atoms with van der Waals surface area (Å²) in [5, 5.41) is 2.81. The maximum absolute atomic E-state index is 11.4. The molecule has 0 fully saturated rings. The summed E-state index contributed by atoms with van der Waals surface area (Å²) in [4.78, 5) is 18.9. The van der Waals surface area contributed by atoms with E-state index in [0.717, 1.165) is 16.9 Å². The lowest BCUT2D eigenvalue weighted by molar-refractivity contribution is -0.121. The SMILES string of the molecule is C=CCCC(=O)NCc1nc2ccccc2[nH]1. The van der Waals surface area contributed by atoms with E-state index in [9.17, 15) is 4.79 Å². The summed E-state index contributed by atoms with van der Waals surface area (Å²) >= 11 is 0. The number of carbonyl (C=O) groups is 1. The van der Waals surface area contributed by atoms with Gasteiger partial charge >= 0.3 is 0 Å². The molecule has 0 spiro atoms. The van der Waals surface area contributed by atoms with Crippen LogP contribution in [0.2, 0.25) is 0 Å². The fraction of sp³-hybridized carbons (Fsp3) is 0.231. The minimum atomic E-state index is 0.0188. The van der Waals surface area contributed by atoms with Crippen LogP contribution < -0.4 is 5.32 Å². The highest BCUT2D eigenvalue weighted by atomic mass is 16.1. The summed E-state index contributed by atoms with van der Waals surface area (Å²) in [6, 6.07) is 7.79. The first-order chi connectivity index (χ1) is 8.29. The van der Waals surface area contributed by atoms with Crippen molar-refractivity contribution in [2.24, 2.45) is 0 Å². The monoisotopic (exact) mass is 229 g/mol. The Morgan fingerprint density at radius 3 is 3.06 bits per heavy atom. The zero-order valence-corrected chi connectivity index (χ0v) is 9.57. The van der Waals surface area contributed by atoms with Gasteiger partial charge in [-0.3, -0.25) is 4.79 Å². The van der Waals surface area contributed by atoms with Crippen molar-refractivity contribution < 1.29 is 4.79 Å². The summed E-state index contributed by atoms with van der Waals surface area (Å²) in [6.07, 6.45) is 2.91. The van der Waals surface area contributed by atoms with Gasteiger partial charge in [-0.15, -0.1) is 6.58 Å². The van der Waals surface area contributed by atoms with E-state index in [1.807, 2.05) is 24.3 Å². The number of hydrogen-bond donors (Lipinski definition) is 2. The number of imidazole rings is 1. The molecule has 1 heterocycles. The number of fused-ring (bicyclic) bond motifs is 1. The third-order valence-corrected chi connectivity index (χ3v) is 2.47. The number of hydrogen-bond acceptors (Lipinski definition) is 2. The second-order valence-corrected chi connectivity index (χ2v) is 3.80.